The number of carbonyl (C=O) groups is 2. The summed E-state index contributed by atoms with van der Waals surface area (Å²) in [4.78, 5) is 25.4. The topological polar surface area (TPSA) is 69.0 Å². The Labute approximate surface area is 150 Å². The molecule has 26 heavy (non-hydrogen) atoms. The van der Waals surface area contributed by atoms with Crippen molar-refractivity contribution >= 4 is 22.8 Å². The molecule has 0 saturated carbocycles. The molecule has 3 rings (SSSR count). The third-order valence-electron chi connectivity index (χ3n) is 3.84. The van der Waals surface area contributed by atoms with Gasteiger partial charge in [0.05, 0.1) is 5.56 Å². The van der Waals surface area contributed by atoms with E-state index in [9.17, 15) is 9.59 Å². The summed E-state index contributed by atoms with van der Waals surface area (Å²) < 4.78 is 16.5. The van der Waals surface area contributed by atoms with Gasteiger partial charge in [-0.05, 0) is 18.2 Å². The van der Waals surface area contributed by atoms with Crippen LogP contribution >= 0.6 is 0 Å². The number of rotatable bonds is 6. The van der Waals surface area contributed by atoms with Crippen molar-refractivity contribution in [3.8, 4) is 5.75 Å². The van der Waals surface area contributed by atoms with Gasteiger partial charge in [-0.25, -0.2) is 4.79 Å². The molecule has 3 aromatic rings. The second-order valence-electron chi connectivity index (χ2n) is 5.87. The quantitative estimate of drug-likeness (QED) is 0.636. The van der Waals surface area contributed by atoms with Crippen molar-refractivity contribution in [1.82, 2.24) is 4.90 Å². The number of furan rings is 1. The number of para-hydroxylation sites is 2. The predicted molar refractivity (Wildman–Crippen MR) is 96.0 cm³/mol. The Kier molecular flexibility index (Phi) is 5.22. The maximum atomic E-state index is 12.4. The Balaban J connectivity index is 1.84. The Morgan fingerprint density at radius 3 is 2.42 bits per heavy atom. The van der Waals surface area contributed by atoms with Crippen LogP contribution in [0.25, 0.3) is 11.0 Å². The molecule has 0 spiro atoms. The summed E-state index contributed by atoms with van der Waals surface area (Å²) in [6.45, 7) is -0.199. The molecule has 0 fully saturated rings. The number of esters is 1. The molecule has 1 amide bonds. The smallest absolute Gasteiger partial charge is 0.375 e. The first-order chi connectivity index (χ1) is 12.6. The van der Waals surface area contributed by atoms with Crippen LogP contribution in [-0.2, 0) is 16.1 Å². The highest BCUT2D eigenvalue weighted by molar-refractivity contribution is 5.96. The summed E-state index contributed by atoms with van der Waals surface area (Å²) in [5.74, 6) is -0.270. The molecule has 0 aliphatic carbocycles. The largest absolute Gasteiger partial charge is 0.489 e. The lowest BCUT2D eigenvalue weighted by Gasteiger charge is -2.10. The monoisotopic (exact) mass is 353 g/mol. The minimum Gasteiger partial charge on any atom is -0.489 e. The van der Waals surface area contributed by atoms with Gasteiger partial charge in [0.15, 0.2) is 6.61 Å². The number of fused-ring (bicyclic) bond motifs is 1. The van der Waals surface area contributed by atoms with Crippen molar-refractivity contribution in [2.45, 2.75) is 6.61 Å². The highest BCUT2D eigenvalue weighted by atomic mass is 16.5. The zero-order chi connectivity index (χ0) is 18.5. The number of nitrogens with zero attached hydrogens (tertiary/aromatic N) is 1. The molecule has 0 unspecified atom stereocenters. The lowest BCUT2D eigenvalue weighted by Crippen LogP contribution is -2.27. The van der Waals surface area contributed by atoms with E-state index in [1.807, 2.05) is 48.5 Å². The minimum absolute atomic E-state index is 0.0497. The fourth-order valence-electron chi connectivity index (χ4n) is 2.40. The van der Waals surface area contributed by atoms with Gasteiger partial charge in [0, 0.05) is 19.5 Å². The molecule has 0 N–H and O–H groups in total. The summed E-state index contributed by atoms with van der Waals surface area (Å²) in [5, 5.41) is 0.773. The average molecular weight is 353 g/mol. The molecule has 134 valence electrons. The summed E-state index contributed by atoms with van der Waals surface area (Å²) in [6.07, 6.45) is 0. The van der Waals surface area contributed by atoms with E-state index in [0.717, 1.165) is 5.39 Å². The van der Waals surface area contributed by atoms with Crippen LogP contribution in [0, 0.1) is 0 Å². The molecule has 0 atom stereocenters. The van der Waals surface area contributed by atoms with Gasteiger partial charge in [-0.3, -0.25) is 4.79 Å². The van der Waals surface area contributed by atoms with Gasteiger partial charge in [-0.2, -0.15) is 0 Å². The van der Waals surface area contributed by atoms with E-state index in [1.54, 1.807) is 20.2 Å². The molecule has 0 bridgehead atoms. The van der Waals surface area contributed by atoms with Gasteiger partial charge in [0.25, 0.3) is 5.91 Å². The zero-order valence-corrected chi connectivity index (χ0v) is 14.6. The van der Waals surface area contributed by atoms with Gasteiger partial charge in [-0.1, -0.05) is 36.4 Å². The lowest BCUT2D eigenvalue weighted by atomic mass is 10.1. The van der Waals surface area contributed by atoms with E-state index in [4.69, 9.17) is 13.9 Å². The van der Waals surface area contributed by atoms with E-state index in [0.29, 0.717) is 16.9 Å². The number of amides is 1. The molecular formula is C20H19NO5. The highest BCUT2D eigenvalue weighted by Gasteiger charge is 2.23. The van der Waals surface area contributed by atoms with Crippen molar-refractivity contribution in [3.63, 3.8) is 0 Å². The molecule has 1 heterocycles. The minimum atomic E-state index is -0.692. The SMILES string of the molecule is CN(C)C(=O)COC(=O)c1oc2ccccc2c1COc1ccccc1. The van der Waals surface area contributed by atoms with Crippen molar-refractivity contribution in [1.29, 1.82) is 0 Å². The average Bonchev–Trinajstić information content (AvgIpc) is 3.03. The van der Waals surface area contributed by atoms with Crippen molar-refractivity contribution in [2.24, 2.45) is 0 Å². The van der Waals surface area contributed by atoms with Crippen LogP contribution in [0.2, 0.25) is 0 Å². The third-order valence-corrected chi connectivity index (χ3v) is 3.84. The van der Waals surface area contributed by atoms with Gasteiger partial charge in [-0.15, -0.1) is 0 Å². The molecule has 6 nitrogen and oxygen atoms in total. The number of benzene rings is 2. The summed E-state index contributed by atoms with van der Waals surface area (Å²) in [6, 6.07) is 16.6. The van der Waals surface area contributed by atoms with Crippen LogP contribution in [-0.4, -0.2) is 37.5 Å². The van der Waals surface area contributed by atoms with Gasteiger partial charge in [0.1, 0.15) is 17.9 Å². The maximum Gasteiger partial charge on any atom is 0.375 e. The van der Waals surface area contributed by atoms with Crippen LogP contribution in [0.1, 0.15) is 16.1 Å². The summed E-state index contributed by atoms with van der Waals surface area (Å²) in [7, 11) is 3.19. The second kappa shape index (κ2) is 7.74. The number of carbonyl (C=O) groups excluding carboxylic acids is 2. The number of hydrogen-bond acceptors (Lipinski definition) is 5. The molecule has 0 aliphatic rings. The van der Waals surface area contributed by atoms with E-state index < -0.39 is 5.97 Å². The zero-order valence-electron chi connectivity index (χ0n) is 14.6. The Morgan fingerprint density at radius 2 is 1.69 bits per heavy atom. The predicted octanol–water partition coefficient (Wildman–Crippen LogP) is 3.26. The Bertz CT molecular complexity index is 914. The summed E-state index contributed by atoms with van der Waals surface area (Å²) in [5.41, 5.74) is 1.15. The van der Waals surface area contributed by atoms with Crippen LogP contribution in [0.3, 0.4) is 0 Å². The van der Waals surface area contributed by atoms with Crippen molar-refractivity contribution in [2.75, 3.05) is 20.7 Å². The molecule has 0 aliphatic heterocycles. The highest BCUT2D eigenvalue weighted by Crippen LogP contribution is 2.28. The number of ether oxygens (including phenoxy) is 2. The molecule has 1 aromatic heterocycles. The van der Waals surface area contributed by atoms with Crippen molar-refractivity contribution < 1.29 is 23.5 Å². The van der Waals surface area contributed by atoms with E-state index >= 15 is 0 Å². The number of likely N-dealkylation sites (N-methyl/N-ethyl adjacent to an activating group) is 1. The molecule has 6 heteroatoms. The number of hydrogen-bond donors (Lipinski definition) is 0. The first-order valence-corrected chi connectivity index (χ1v) is 8.12. The fourth-order valence-corrected chi connectivity index (χ4v) is 2.40. The van der Waals surface area contributed by atoms with Gasteiger partial charge < -0.3 is 18.8 Å². The second-order valence-corrected chi connectivity index (χ2v) is 5.87. The van der Waals surface area contributed by atoms with E-state index in [-0.39, 0.29) is 24.9 Å². The Hall–Kier alpha value is -3.28. The van der Waals surface area contributed by atoms with Gasteiger partial charge >= 0.3 is 5.97 Å². The van der Waals surface area contributed by atoms with Crippen LogP contribution in [0.15, 0.2) is 59.0 Å². The normalized spacial score (nSPS) is 10.5. The molecule has 0 saturated heterocycles. The molecule has 2 aromatic carbocycles. The third kappa shape index (κ3) is 3.85. The van der Waals surface area contributed by atoms with Crippen LogP contribution in [0.5, 0.6) is 5.75 Å². The first-order valence-electron chi connectivity index (χ1n) is 8.12. The van der Waals surface area contributed by atoms with Crippen LogP contribution in [0.4, 0.5) is 0 Å². The van der Waals surface area contributed by atoms with Crippen LogP contribution < -0.4 is 4.74 Å². The lowest BCUT2D eigenvalue weighted by molar-refractivity contribution is -0.132. The summed E-state index contributed by atoms with van der Waals surface area (Å²) >= 11 is 0. The molecular weight excluding hydrogens is 334 g/mol. The fraction of sp³-hybridized carbons (Fsp3) is 0.200. The van der Waals surface area contributed by atoms with Gasteiger partial charge in [0.2, 0.25) is 5.76 Å². The maximum absolute atomic E-state index is 12.4. The van der Waals surface area contributed by atoms with E-state index in [2.05, 4.69) is 0 Å². The molecule has 0 radical (unpaired) electrons. The van der Waals surface area contributed by atoms with E-state index in [1.165, 1.54) is 4.90 Å². The Morgan fingerprint density at radius 1 is 1.00 bits per heavy atom. The standard InChI is InChI=1S/C20H19NO5/c1-21(2)18(22)13-25-20(23)19-16(12-24-14-8-4-3-5-9-14)15-10-6-7-11-17(15)26-19/h3-11H,12-13H2,1-2H3. The first kappa shape index (κ1) is 17.5. The van der Waals surface area contributed by atoms with Crippen molar-refractivity contribution in [3.05, 3.63) is 65.9 Å².